The number of benzene rings is 1. The third-order valence-corrected chi connectivity index (χ3v) is 1.88. The van der Waals surface area contributed by atoms with Crippen LogP contribution in [0.25, 0.3) is 6.08 Å². The van der Waals surface area contributed by atoms with Crippen LogP contribution < -0.4 is 16.0 Å². The van der Waals surface area contributed by atoms with Crippen LogP contribution in [-0.4, -0.2) is 12.2 Å². The van der Waals surface area contributed by atoms with Crippen molar-refractivity contribution in [3.63, 3.8) is 0 Å². The van der Waals surface area contributed by atoms with Crippen LogP contribution in [-0.2, 0) is 0 Å². The minimum Gasteiger partial charge on any atom is -0.217 e. The first-order valence-corrected chi connectivity index (χ1v) is 4.19. The number of hydrogen-bond acceptors (Lipinski definition) is 3. The van der Waals surface area contributed by atoms with E-state index in [0.29, 0.717) is 0 Å². The molecule has 0 atom stereocenters. The van der Waals surface area contributed by atoms with Gasteiger partial charge in [-0.05, 0) is 12.1 Å². The molecule has 0 unspecified atom stereocenters. The van der Waals surface area contributed by atoms with Gasteiger partial charge in [-0.15, -0.1) is 0 Å². The van der Waals surface area contributed by atoms with Gasteiger partial charge in [-0.3, -0.25) is 0 Å². The highest BCUT2D eigenvalue weighted by Gasteiger charge is 1.93. The van der Waals surface area contributed by atoms with Gasteiger partial charge < -0.3 is 0 Å². The molecule has 0 bridgehead atoms. The summed E-state index contributed by atoms with van der Waals surface area (Å²) in [4.78, 5) is 0. The lowest BCUT2D eigenvalue weighted by molar-refractivity contribution is 0.304. The Kier molecular flexibility index (Phi) is 2.10. The summed E-state index contributed by atoms with van der Waals surface area (Å²) < 4.78 is 0. The summed E-state index contributed by atoms with van der Waals surface area (Å²) in [5, 5.41) is 8.15. The molecule has 3 heteroatoms. The molecule has 1 aliphatic heterocycles. The SMILES string of the molecule is CNN1C=CC=c2ccccc2=N1. The molecule has 0 aliphatic carbocycles. The average Bonchev–Trinajstić information content (AvgIpc) is 2.38. The Morgan fingerprint density at radius 2 is 2.15 bits per heavy atom. The van der Waals surface area contributed by atoms with Crippen molar-refractivity contribution >= 4 is 6.08 Å². The highest BCUT2D eigenvalue weighted by atomic mass is 15.7. The first-order chi connectivity index (χ1) is 6.40. The molecule has 0 saturated heterocycles. The topological polar surface area (TPSA) is 27.6 Å². The summed E-state index contributed by atoms with van der Waals surface area (Å²) in [7, 11) is 1.84. The lowest BCUT2D eigenvalue weighted by atomic mass is 10.3. The Morgan fingerprint density at radius 1 is 1.31 bits per heavy atom. The van der Waals surface area contributed by atoms with Crippen LogP contribution in [0.3, 0.4) is 0 Å². The van der Waals surface area contributed by atoms with Crippen LogP contribution in [0.15, 0.2) is 41.6 Å². The number of hydrazine groups is 1. The molecule has 0 aromatic heterocycles. The Morgan fingerprint density at radius 3 is 3.00 bits per heavy atom. The van der Waals surface area contributed by atoms with E-state index in [1.165, 1.54) is 0 Å². The molecule has 1 aliphatic rings. The first-order valence-electron chi connectivity index (χ1n) is 4.19. The Balaban J connectivity index is 2.62. The van der Waals surface area contributed by atoms with Gasteiger partial charge in [-0.25, -0.2) is 10.5 Å². The molecule has 1 aromatic carbocycles. The molecule has 0 spiro atoms. The molecule has 1 heterocycles. The minimum absolute atomic E-state index is 0.974. The minimum atomic E-state index is 0.974. The van der Waals surface area contributed by atoms with Crippen LogP contribution in [0.1, 0.15) is 0 Å². The Labute approximate surface area is 76.7 Å². The van der Waals surface area contributed by atoms with E-state index in [9.17, 15) is 0 Å². The van der Waals surface area contributed by atoms with Gasteiger partial charge in [0, 0.05) is 18.5 Å². The Hall–Kier alpha value is -1.61. The summed E-state index contributed by atoms with van der Waals surface area (Å²) in [5.41, 5.74) is 2.94. The monoisotopic (exact) mass is 173 g/mol. The zero-order chi connectivity index (χ0) is 9.10. The molecule has 0 radical (unpaired) electrons. The number of nitrogens with zero attached hydrogens (tertiary/aromatic N) is 2. The lowest BCUT2D eigenvalue weighted by Gasteiger charge is -2.09. The van der Waals surface area contributed by atoms with E-state index in [2.05, 4.69) is 10.5 Å². The fourth-order valence-electron chi connectivity index (χ4n) is 1.22. The number of allylic oxidation sites excluding steroid dienone is 1. The van der Waals surface area contributed by atoms with Crippen molar-refractivity contribution in [1.82, 2.24) is 10.5 Å². The number of hydrogen-bond donors (Lipinski definition) is 1. The van der Waals surface area contributed by atoms with Gasteiger partial charge in [0.25, 0.3) is 0 Å². The molecule has 3 nitrogen and oxygen atoms in total. The second-order valence-electron chi connectivity index (χ2n) is 2.74. The molecule has 0 saturated carbocycles. The van der Waals surface area contributed by atoms with Gasteiger partial charge >= 0.3 is 0 Å². The van der Waals surface area contributed by atoms with Crippen LogP contribution in [0.2, 0.25) is 0 Å². The molecule has 66 valence electrons. The molecule has 13 heavy (non-hydrogen) atoms. The molecule has 0 fully saturated rings. The fourth-order valence-corrected chi connectivity index (χ4v) is 1.22. The zero-order valence-electron chi connectivity index (χ0n) is 7.44. The molecule has 1 N–H and O–H groups in total. The largest absolute Gasteiger partial charge is 0.217 e. The van der Waals surface area contributed by atoms with Gasteiger partial charge in [-0.1, -0.05) is 24.3 Å². The van der Waals surface area contributed by atoms with E-state index >= 15 is 0 Å². The summed E-state index contributed by atoms with van der Waals surface area (Å²) >= 11 is 0. The predicted molar refractivity (Wildman–Crippen MR) is 51.7 cm³/mol. The maximum absolute atomic E-state index is 4.36. The standard InChI is InChI=1S/C10H11N3/c1-11-13-8-4-6-9-5-2-3-7-10(9)12-13/h2-8,11H,1H3. The van der Waals surface area contributed by atoms with Crippen LogP contribution in [0.4, 0.5) is 0 Å². The quantitative estimate of drug-likeness (QED) is 0.645. The van der Waals surface area contributed by atoms with Gasteiger partial charge in [0.05, 0.1) is 5.36 Å². The van der Waals surface area contributed by atoms with Crippen molar-refractivity contribution in [3.05, 3.63) is 47.1 Å². The average molecular weight is 173 g/mol. The molecule has 2 rings (SSSR count). The van der Waals surface area contributed by atoms with Gasteiger partial charge in [0.1, 0.15) is 0 Å². The number of nitrogens with one attached hydrogen (secondary N) is 1. The van der Waals surface area contributed by atoms with E-state index in [1.54, 1.807) is 5.12 Å². The normalized spacial score (nSPS) is 14.1. The van der Waals surface area contributed by atoms with Crippen molar-refractivity contribution in [2.45, 2.75) is 0 Å². The van der Waals surface area contributed by atoms with E-state index in [4.69, 9.17) is 0 Å². The first kappa shape index (κ1) is 8.01. The van der Waals surface area contributed by atoms with Crippen molar-refractivity contribution in [3.8, 4) is 0 Å². The van der Waals surface area contributed by atoms with Gasteiger partial charge in [0.2, 0.25) is 0 Å². The van der Waals surface area contributed by atoms with Crippen LogP contribution in [0, 0.1) is 0 Å². The van der Waals surface area contributed by atoms with Crippen LogP contribution >= 0.6 is 0 Å². The third-order valence-electron chi connectivity index (χ3n) is 1.88. The summed E-state index contributed by atoms with van der Waals surface area (Å²) in [6.07, 6.45) is 5.88. The summed E-state index contributed by atoms with van der Waals surface area (Å²) in [5.74, 6) is 0. The Bertz CT molecular complexity index is 434. The molecule has 0 amide bonds. The van der Waals surface area contributed by atoms with E-state index in [-0.39, 0.29) is 0 Å². The second-order valence-corrected chi connectivity index (χ2v) is 2.74. The molecular weight excluding hydrogens is 162 g/mol. The van der Waals surface area contributed by atoms with E-state index in [0.717, 1.165) is 10.6 Å². The van der Waals surface area contributed by atoms with Crippen molar-refractivity contribution < 1.29 is 0 Å². The highest BCUT2D eigenvalue weighted by molar-refractivity contribution is 5.36. The fraction of sp³-hybridized carbons (Fsp3) is 0.100. The van der Waals surface area contributed by atoms with Crippen LogP contribution in [0.5, 0.6) is 0 Å². The third kappa shape index (κ3) is 1.60. The second kappa shape index (κ2) is 3.41. The maximum atomic E-state index is 4.36. The van der Waals surface area contributed by atoms with E-state index in [1.807, 2.05) is 49.7 Å². The predicted octanol–water partition coefficient (Wildman–Crippen LogP) is -0.0346. The molecule has 1 aromatic rings. The summed E-state index contributed by atoms with van der Waals surface area (Å²) in [6.45, 7) is 0. The summed E-state index contributed by atoms with van der Waals surface area (Å²) in [6, 6.07) is 8.02. The lowest BCUT2D eigenvalue weighted by Crippen LogP contribution is -2.31. The highest BCUT2D eigenvalue weighted by Crippen LogP contribution is 1.87. The van der Waals surface area contributed by atoms with E-state index < -0.39 is 0 Å². The van der Waals surface area contributed by atoms with Gasteiger partial charge in [-0.2, -0.15) is 5.10 Å². The number of rotatable bonds is 1. The zero-order valence-corrected chi connectivity index (χ0v) is 7.44. The van der Waals surface area contributed by atoms with Crippen molar-refractivity contribution in [2.24, 2.45) is 5.10 Å². The number of fused-ring (bicyclic) bond motifs is 1. The van der Waals surface area contributed by atoms with Crippen molar-refractivity contribution in [2.75, 3.05) is 7.05 Å². The smallest absolute Gasteiger partial charge is 0.0923 e. The molecular formula is C10H11N3. The maximum Gasteiger partial charge on any atom is 0.0923 e. The van der Waals surface area contributed by atoms with Gasteiger partial charge in [0.15, 0.2) is 0 Å². The van der Waals surface area contributed by atoms with Crippen molar-refractivity contribution in [1.29, 1.82) is 0 Å².